The van der Waals surface area contributed by atoms with Gasteiger partial charge in [0.1, 0.15) is 0 Å². The van der Waals surface area contributed by atoms with E-state index in [1.54, 1.807) is 18.0 Å². The molecule has 33 heavy (non-hydrogen) atoms. The summed E-state index contributed by atoms with van der Waals surface area (Å²) < 4.78 is 0. The molecule has 0 atom stereocenters. The highest BCUT2D eigenvalue weighted by molar-refractivity contribution is 8.08. The zero-order chi connectivity index (χ0) is 22.6. The standard InChI is InChI=1S/C25H29N5O2S/c31-23(17-29-10-2-3-11-29)30-12-8-18(9-13-30)24(32)28-25-26-16-20-7-6-19(15-21(20)27-25)22-5-1-4-14-33-22/h1,4-7,15-16,18H,2-3,8-14,17H2,(H,26,27,28,32). The smallest absolute Gasteiger partial charge is 0.236 e. The summed E-state index contributed by atoms with van der Waals surface area (Å²) in [6, 6.07) is 6.15. The number of piperidine rings is 1. The molecule has 2 amide bonds. The minimum atomic E-state index is -0.123. The number of fused-ring (bicyclic) bond motifs is 1. The predicted octanol–water partition coefficient (Wildman–Crippen LogP) is 3.55. The lowest BCUT2D eigenvalue weighted by Crippen LogP contribution is -2.45. The molecule has 0 aliphatic carbocycles. The van der Waals surface area contributed by atoms with Crippen LogP contribution in [-0.4, -0.2) is 70.1 Å². The average Bonchev–Trinajstić information content (AvgIpc) is 3.37. The van der Waals surface area contributed by atoms with E-state index in [1.807, 2.05) is 11.0 Å². The van der Waals surface area contributed by atoms with Gasteiger partial charge in [-0.2, -0.15) is 0 Å². The van der Waals surface area contributed by atoms with Gasteiger partial charge in [-0.25, -0.2) is 9.97 Å². The van der Waals surface area contributed by atoms with Gasteiger partial charge in [0.15, 0.2) is 0 Å². The molecule has 0 saturated carbocycles. The van der Waals surface area contributed by atoms with Crippen molar-refractivity contribution < 1.29 is 9.59 Å². The van der Waals surface area contributed by atoms with Crippen LogP contribution in [0.3, 0.4) is 0 Å². The summed E-state index contributed by atoms with van der Waals surface area (Å²) in [4.78, 5) is 39.7. The van der Waals surface area contributed by atoms with Crippen molar-refractivity contribution in [3.63, 3.8) is 0 Å². The molecule has 1 N–H and O–H groups in total. The highest BCUT2D eigenvalue weighted by Gasteiger charge is 2.28. The molecule has 0 radical (unpaired) electrons. The van der Waals surface area contributed by atoms with Gasteiger partial charge in [-0.1, -0.05) is 24.3 Å². The van der Waals surface area contributed by atoms with E-state index < -0.39 is 0 Å². The van der Waals surface area contributed by atoms with E-state index in [4.69, 9.17) is 0 Å². The minimum absolute atomic E-state index is 0.0622. The van der Waals surface area contributed by atoms with Crippen LogP contribution in [0.15, 0.2) is 42.6 Å². The number of hydrogen-bond donors (Lipinski definition) is 1. The van der Waals surface area contributed by atoms with Gasteiger partial charge in [0, 0.05) is 41.2 Å². The summed E-state index contributed by atoms with van der Waals surface area (Å²) in [5.74, 6) is 1.31. The van der Waals surface area contributed by atoms with E-state index in [-0.39, 0.29) is 17.7 Å². The summed E-state index contributed by atoms with van der Waals surface area (Å²) in [5.41, 5.74) is 1.94. The number of aromatic nitrogens is 2. The van der Waals surface area contributed by atoms with Crippen molar-refractivity contribution in [2.75, 3.05) is 43.8 Å². The highest BCUT2D eigenvalue weighted by atomic mass is 32.2. The zero-order valence-electron chi connectivity index (χ0n) is 18.7. The van der Waals surface area contributed by atoms with Gasteiger partial charge in [0.25, 0.3) is 0 Å². The van der Waals surface area contributed by atoms with Crippen molar-refractivity contribution in [2.24, 2.45) is 5.92 Å². The van der Waals surface area contributed by atoms with E-state index in [1.165, 1.54) is 17.7 Å². The number of hydrogen-bond acceptors (Lipinski definition) is 6. The first-order valence-electron chi connectivity index (χ1n) is 11.7. The van der Waals surface area contributed by atoms with Crippen LogP contribution in [0.1, 0.15) is 31.2 Å². The second-order valence-corrected chi connectivity index (χ2v) is 9.93. The van der Waals surface area contributed by atoms with Crippen LogP contribution in [0.2, 0.25) is 0 Å². The van der Waals surface area contributed by atoms with E-state index in [2.05, 4.69) is 50.5 Å². The Morgan fingerprint density at radius 2 is 1.94 bits per heavy atom. The molecule has 172 valence electrons. The van der Waals surface area contributed by atoms with Crippen LogP contribution in [0.5, 0.6) is 0 Å². The molecule has 5 rings (SSSR count). The largest absolute Gasteiger partial charge is 0.342 e. The third-order valence-corrected chi connectivity index (χ3v) is 7.64. The van der Waals surface area contributed by atoms with Gasteiger partial charge in [-0.15, -0.1) is 11.8 Å². The average molecular weight is 464 g/mol. The second-order valence-electron chi connectivity index (χ2n) is 8.86. The van der Waals surface area contributed by atoms with Crippen molar-refractivity contribution >= 4 is 45.3 Å². The van der Waals surface area contributed by atoms with Gasteiger partial charge >= 0.3 is 0 Å². The number of nitrogens with one attached hydrogen (secondary N) is 1. The molecule has 2 fully saturated rings. The third-order valence-electron chi connectivity index (χ3n) is 6.60. The van der Waals surface area contributed by atoms with Gasteiger partial charge in [-0.3, -0.25) is 19.8 Å². The van der Waals surface area contributed by atoms with Crippen LogP contribution >= 0.6 is 11.8 Å². The first-order valence-corrected chi connectivity index (χ1v) is 12.7. The van der Waals surface area contributed by atoms with E-state index >= 15 is 0 Å². The monoisotopic (exact) mass is 463 g/mol. The molecule has 1 aromatic heterocycles. The van der Waals surface area contributed by atoms with Crippen molar-refractivity contribution in [3.05, 3.63) is 48.2 Å². The number of rotatable bonds is 5. The van der Waals surface area contributed by atoms with E-state index in [0.29, 0.717) is 38.4 Å². The number of anilines is 1. The van der Waals surface area contributed by atoms with E-state index in [0.717, 1.165) is 35.3 Å². The Morgan fingerprint density at radius 3 is 2.70 bits per heavy atom. The Bertz CT molecular complexity index is 1100. The zero-order valence-corrected chi connectivity index (χ0v) is 19.5. The van der Waals surface area contributed by atoms with Crippen LogP contribution in [-0.2, 0) is 9.59 Å². The minimum Gasteiger partial charge on any atom is -0.342 e. The summed E-state index contributed by atoms with van der Waals surface area (Å²) >= 11 is 1.80. The number of thioether (sulfide) groups is 1. The molecule has 7 nitrogen and oxygen atoms in total. The van der Waals surface area contributed by atoms with Gasteiger partial charge < -0.3 is 4.90 Å². The molecule has 0 unspecified atom stereocenters. The predicted molar refractivity (Wildman–Crippen MR) is 133 cm³/mol. The first-order chi connectivity index (χ1) is 16.2. The molecule has 8 heteroatoms. The van der Waals surface area contributed by atoms with Crippen LogP contribution in [0.4, 0.5) is 5.95 Å². The SMILES string of the molecule is O=C(Nc1ncc2ccc(C3=CC=CCS3)cc2n1)C1CCN(C(=O)CN2CCCC2)CC1. The fraction of sp³-hybridized carbons (Fsp3) is 0.440. The molecule has 0 spiro atoms. The topological polar surface area (TPSA) is 78.4 Å². The molecular weight excluding hydrogens is 434 g/mol. The molecule has 3 aliphatic heterocycles. The number of allylic oxidation sites excluding steroid dienone is 2. The lowest BCUT2D eigenvalue weighted by atomic mass is 9.96. The van der Waals surface area contributed by atoms with Crippen LogP contribution in [0.25, 0.3) is 15.8 Å². The Hall–Kier alpha value is -2.71. The third kappa shape index (κ3) is 5.28. The fourth-order valence-electron chi connectivity index (χ4n) is 4.65. The van der Waals surface area contributed by atoms with Gasteiger partial charge in [0.2, 0.25) is 17.8 Å². The molecule has 1 aromatic carbocycles. The summed E-state index contributed by atoms with van der Waals surface area (Å²) in [7, 11) is 0. The van der Waals surface area contributed by atoms with Crippen molar-refractivity contribution in [2.45, 2.75) is 25.7 Å². The maximum atomic E-state index is 12.9. The molecule has 0 bridgehead atoms. The van der Waals surface area contributed by atoms with E-state index in [9.17, 15) is 9.59 Å². The number of carbonyl (C=O) groups excluding carboxylic acids is 2. The number of benzene rings is 1. The quantitative estimate of drug-likeness (QED) is 0.731. The number of carbonyl (C=O) groups is 2. The van der Waals surface area contributed by atoms with Crippen molar-refractivity contribution in [3.8, 4) is 0 Å². The summed E-state index contributed by atoms with van der Waals surface area (Å²) in [6.07, 6.45) is 11.8. The van der Waals surface area contributed by atoms with Crippen molar-refractivity contribution in [1.82, 2.24) is 19.8 Å². The number of nitrogens with zero attached hydrogens (tertiary/aromatic N) is 4. The first kappa shape index (κ1) is 22.1. The van der Waals surface area contributed by atoms with Crippen molar-refractivity contribution in [1.29, 1.82) is 0 Å². The summed E-state index contributed by atoms with van der Waals surface area (Å²) in [6.45, 7) is 3.81. The fourth-order valence-corrected chi connectivity index (χ4v) is 5.50. The van der Waals surface area contributed by atoms with Gasteiger partial charge in [-0.05, 0) is 56.5 Å². The Balaban J connectivity index is 1.19. The Morgan fingerprint density at radius 1 is 1.12 bits per heavy atom. The highest BCUT2D eigenvalue weighted by Crippen LogP contribution is 2.31. The van der Waals surface area contributed by atoms with Crippen LogP contribution in [0, 0.1) is 5.92 Å². The molecule has 2 aromatic rings. The summed E-state index contributed by atoms with van der Waals surface area (Å²) in [5, 5.41) is 3.84. The molecule has 2 saturated heterocycles. The molecular formula is C25H29N5O2S. The normalized spacial score (nSPS) is 19.6. The maximum Gasteiger partial charge on any atom is 0.236 e. The lowest BCUT2D eigenvalue weighted by Gasteiger charge is -2.32. The number of likely N-dealkylation sites (tertiary alicyclic amines) is 2. The molecule has 4 heterocycles. The maximum absolute atomic E-state index is 12.9. The lowest BCUT2D eigenvalue weighted by molar-refractivity contribution is -0.135. The Labute approximate surface area is 198 Å². The van der Waals surface area contributed by atoms with Gasteiger partial charge in [0.05, 0.1) is 12.1 Å². The van der Waals surface area contributed by atoms with Crippen LogP contribution < -0.4 is 5.32 Å². The Kier molecular flexibility index (Phi) is 6.73. The molecule has 3 aliphatic rings. The second kappa shape index (κ2) is 10.1. The number of amides is 2.